The number of aliphatic hydroxyl groups is 1. The number of fused-ring (bicyclic) bond motifs is 1. The number of para-hydroxylation sites is 1. The molecule has 1 atom stereocenters. The summed E-state index contributed by atoms with van der Waals surface area (Å²) >= 11 is 4.25. The number of aromatic hydroxyl groups is 1. The number of Topliss-reactive ketones (excluding diaryl/α,β-unsaturated/α-hetero) is 2. The van der Waals surface area contributed by atoms with Gasteiger partial charge >= 0.3 is 0 Å². The van der Waals surface area contributed by atoms with Gasteiger partial charge in [-0.05, 0) is 52.7 Å². The molecule has 0 saturated carbocycles. The highest BCUT2D eigenvalue weighted by atomic mass is 79.9. The Hall–Kier alpha value is -4.16. The molecule has 0 bridgehead atoms. The van der Waals surface area contributed by atoms with E-state index in [1.54, 1.807) is 25.1 Å². The number of phenols is 1. The van der Waals surface area contributed by atoms with E-state index in [-0.39, 0.29) is 38.2 Å². The SMILES string of the molecule is COc1cc(C2C(C(=O)c3cc4cccc(OC)c4o3)=C(O)C(=O)N2c2nc(C)c(C(C)=O)s2)cc(Br)c1O. The van der Waals surface area contributed by atoms with Crippen molar-refractivity contribution >= 4 is 60.8 Å². The fourth-order valence-corrected chi connectivity index (χ4v) is 5.96. The summed E-state index contributed by atoms with van der Waals surface area (Å²) in [6, 6.07) is 8.41. The highest BCUT2D eigenvalue weighted by Crippen LogP contribution is 2.47. The molecule has 39 heavy (non-hydrogen) atoms. The number of anilines is 1. The first-order valence-electron chi connectivity index (χ1n) is 11.5. The number of aryl methyl sites for hydroxylation is 1. The van der Waals surface area contributed by atoms with Crippen molar-refractivity contribution in [3.05, 3.63) is 74.1 Å². The zero-order chi connectivity index (χ0) is 28.2. The number of rotatable bonds is 7. The molecule has 2 aromatic carbocycles. The van der Waals surface area contributed by atoms with Gasteiger partial charge in [-0.3, -0.25) is 19.3 Å². The van der Waals surface area contributed by atoms with Crippen molar-refractivity contribution in [2.24, 2.45) is 0 Å². The fraction of sp³-hybridized carbons (Fsp3) is 0.185. The summed E-state index contributed by atoms with van der Waals surface area (Å²) in [4.78, 5) is 45.5. The summed E-state index contributed by atoms with van der Waals surface area (Å²) in [6.45, 7) is 3.02. The Morgan fingerprint density at radius 3 is 2.49 bits per heavy atom. The molecule has 0 aliphatic carbocycles. The van der Waals surface area contributed by atoms with Crippen LogP contribution in [0.25, 0.3) is 11.0 Å². The smallest absolute Gasteiger partial charge is 0.296 e. The van der Waals surface area contributed by atoms with Gasteiger partial charge in [0.15, 0.2) is 45.3 Å². The average Bonchev–Trinajstić information content (AvgIpc) is 3.59. The maximum Gasteiger partial charge on any atom is 0.296 e. The van der Waals surface area contributed by atoms with Crippen LogP contribution in [-0.4, -0.2) is 46.9 Å². The van der Waals surface area contributed by atoms with Gasteiger partial charge in [0.25, 0.3) is 5.91 Å². The first kappa shape index (κ1) is 26.4. The van der Waals surface area contributed by atoms with Crippen LogP contribution in [0.15, 0.2) is 56.6 Å². The number of nitrogens with zero attached hydrogens (tertiary/aromatic N) is 2. The van der Waals surface area contributed by atoms with Gasteiger partial charge < -0.3 is 24.1 Å². The number of methoxy groups -OCH3 is 2. The predicted octanol–water partition coefficient (Wildman–Crippen LogP) is 5.67. The third-order valence-electron chi connectivity index (χ3n) is 6.30. The number of carbonyl (C=O) groups is 3. The molecule has 5 rings (SSSR count). The van der Waals surface area contributed by atoms with Crippen LogP contribution in [0.5, 0.6) is 17.2 Å². The first-order chi connectivity index (χ1) is 18.6. The van der Waals surface area contributed by atoms with E-state index in [1.807, 2.05) is 0 Å². The molecule has 1 amide bonds. The van der Waals surface area contributed by atoms with E-state index in [9.17, 15) is 24.6 Å². The molecule has 4 aromatic rings. The second kappa shape index (κ2) is 9.86. The summed E-state index contributed by atoms with van der Waals surface area (Å²) in [5.41, 5.74) is 0.789. The molecule has 2 N–H and O–H groups in total. The summed E-state index contributed by atoms with van der Waals surface area (Å²) < 4.78 is 16.7. The van der Waals surface area contributed by atoms with Crippen molar-refractivity contribution in [2.75, 3.05) is 19.1 Å². The quantitative estimate of drug-likeness (QED) is 0.253. The molecule has 1 aliphatic rings. The Bertz CT molecular complexity index is 1720. The lowest BCUT2D eigenvalue weighted by Crippen LogP contribution is -2.31. The second-order valence-electron chi connectivity index (χ2n) is 8.68. The van der Waals surface area contributed by atoms with Crippen LogP contribution in [0, 0.1) is 6.92 Å². The topological polar surface area (TPSA) is 139 Å². The maximum atomic E-state index is 13.9. The molecule has 0 radical (unpaired) electrons. The lowest BCUT2D eigenvalue weighted by molar-refractivity contribution is -0.117. The number of carbonyl (C=O) groups excluding carboxylic acids is 3. The Morgan fingerprint density at radius 2 is 1.85 bits per heavy atom. The molecule has 12 heteroatoms. The number of halogens is 1. The number of hydrogen-bond acceptors (Lipinski definition) is 10. The van der Waals surface area contributed by atoms with E-state index in [2.05, 4.69) is 20.9 Å². The number of ether oxygens (including phenoxy) is 2. The van der Waals surface area contributed by atoms with Crippen LogP contribution in [-0.2, 0) is 4.79 Å². The van der Waals surface area contributed by atoms with Crippen molar-refractivity contribution in [2.45, 2.75) is 19.9 Å². The van der Waals surface area contributed by atoms with E-state index in [0.717, 1.165) is 16.2 Å². The first-order valence-corrected chi connectivity index (χ1v) is 13.1. The lowest BCUT2D eigenvalue weighted by atomic mass is 9.95. The van der Waals surface area contributed by atoms with Gasteiger partial charge in [-0.2, -0.15) is 0 Å². The third kappa shape index (κ3) is 4.25. The molecule has 2 aromatic heterocycles. The molecular formula is C27H21BrN2O8S. The molecule has 0 spiro atoms. The van der Waals surface area contributed by atoms with Crippen LogP contribution in [0.4, 0.5) is 5.13 Å². The minimum Gasteiger partial charge on any atom is -0.503 e. The molecule has 10 nitrogen and oxygen atoms in total. The summed E-state index contributed by atoms with van der Waals surface area (Å²) in [6.07, 6.45) is 0. The van der Waals surface area contributed by atoms with Gasteiger partial charge in [-0.25, -0.2) is 4.98 Å². The lowest BCUT2D eigenvalue weighted by Gasteiger charge is -2.25. The standard InChI is InChI=1S/C27H21BrN2O8S/c1-11-25(12(2)31)39-27(29-11)30-20(14-8-15(28)21(32)17(10-14)37-4)19(23(34)26(30)35)22(33)18-9-13-6-5-7-16(36-3)24(13)38-18/h5-10,20,32,34H,1-4H3. The fourth-order valence-electron chi connectivity index (χ4n) is 4.51. The monoisotopic (exact) mass is 612 g/mol. The predicted molar refractivity (Wildman–Crippen MR) is 146 cm³/mol. The Morgan fingerprint density at radius 1 is 1.13 bits per heavy atom. The zero-order valence-corrected chi connectivity index (χ0v) is 23.5. The van der Waals surface area contributed by atoms with Crippen LogP contribution in [0.2, 0.25) is 0 Å². The minimum absolute atomic E-state index is 0.0678. The van der Waals surface area contributed by atoms with Crippen LogP contribution >= 0.6 is 27.3 Å². The summed E-state index contributed by atoms with van der Waals surface area (Å²) in [7, 11) is 2.82. The molecule has 3 heterocycles. The number of phenolic OH excluding ortho intramolecular Hbond substituents is 1. The average molecular weight is 613 g/mol. The van der Waals surface area contributed by atoms with Crippen molar-refractivity contribution in [3.63, 3.8) is 0 Å². The highest BCUT2D eigenvalue weighted by Gasteiger charge is 2.47. The van der Waals surface area contributed by atoms with Crippen molar-refractivity contribution in [1.82, 2.24) is 4.98 Å². The second-order valence-corrected chi connectivity index (χ2v) is 10.5. The maximum absolute atomic E-state index is 13.9. The number of thiazole rings is 1. The Kier molecular flexibility index (Phi) is 6.69. The minimum atomic E-state index is -1.20. The molecular weight excluding hydrogens is 592 g/mol. The number of hydrogen-bond donors (Lipinski definition) is 2. The van der Waals surface area contributed by atoms with E-state index in [1.165, 1.54) is 39.3 Å². The Labute approximate surface area is 234 Å². The molecule has 0 fully saturated rings. The zero-order valence-electron chi connectivity index (χ0n) is 21.1. The Balaban J connectivity index is 1.72. The molecule has 0 saturated heterocycles. The van der Waals surface area contributed by atoms with E-state index in [4.69, 9.17) is 13.9 Å². The summed E-state index contributed by atoms with van der Waals surface area (Å²) in [5.74, 6) is -2.49. The number of aliphatic hydroxyl groups excluding tert-OH is 1. The molecule has 1 aliphatic heterocycles. The van der Waals surface area contributed by atoms with Crippen LogP contribution in [0.3, 0.4) is 0 Å². The van der Waals surface area contributed by atoms with E-state index >= 15 is 0 Å². The number of furan rings is 1. The summed E-state index contributed by atoms with van der Waals surface area (Å²) in [5, 5.41) is 22.2. The van der Waals surface area contributed by atoms with Gasteiger partial charge in [0.05, 0.1) is 40.9 Å². The number of benzene rings is 2. The number of amides is 1. The van der Waals surface area contributed by atoms with Crippen LogP contribution < -0.4 is 14.4 Å². The van der Waals surface area contributed by atoms with E-state index < -0.39 is 23.5 Å². The number of aromatic nitrogens is 1. The normalized spacial score (nSPS) is 15.4. The van der Waals surface area contributed by atoms with Crippen LogP contribution in [0.1, 0.15) is 44.4 Å². The number of ketones is 2. The van der Waals surface area contributed by atoms with Gasteiger partial charge in [-0.15, -0.1) is 0 Å². The molecule has 200 valence electrons. The van der Waals surface area contributed by atoms with Gasteiger partial charge in [0.1, 0.15) is 0 Å². The van der Waals surface area contributed by atoms with E-state index in [0.29, 0.717) is 32.9 Å². The highest BCUT2D eigenvalue weighted by molar-refractivity contribution is 9.10. The van der Waals surface area contributed by atoms with Gasteiger partial charge in [0, 0.05) is 12.3 Å². The molecule has 1 unspecified atom stereocenters. The van der Waals surface area contributed by atoms with Crippen molar-refractivity contribution in [1.29, 1.82) is 0 Å². The van der Waals surface area contributed by atoms with Gasteiger partial charge in [0.2, 0.25) is 5.78 Å². The largest absolute Gasteiger partial charge is 0.503 e. The third-order valence-corrected chi connectivity index (χ3v) is 8.16. The van der Waals surface area contributed by atoms with Crippen molar-refractivity contribution < 1.29 is 38.5 Å². The van der Waals surface area contributed by atoms with Gasteiger partial charge in [-0.1, -0.05) is 23.5 Å². The van der Waals surface area contributed by atoms with Crippen molar-refractivity contribution in [3.8, 4) is 17.2 Å².